The number of ether oxygens (including phenoxy) is 1. The van der Waals surface area contributed by atoms with Crippen molar-refractivity contribution in [2.45, 2.75) is 145 Å². The molecule has 0 radical (unpaired) electrons. The zero-order valence-corrected chi connectivity index (χ0v) is 28.3. The lowest BCUT2D eigenvalue weighted by atomic mass is 10.0. The third-order valence-corrected chi connectivity index (χ3v) is 8.94. The van der Waals surface area contributed by atoms with Crippen LogP contribution in [0.15, 0.2) is 0 Å². The van der Waals surface area contributed by atoms with Gasteiger partial charge in [-0.15, -0.1) is 0 Å². The number of rotatable bonds is 30. The fraction of sp³-hybridized carbons (Fsp3) is 1.00. The van der Waals surface area contributed by atoms with Gasteiger partial charge in [0, 0.05) is 38.3 Å². The van der Waals surface area contributed by atoms with E-state index >= 15 is 0 Å². The van der Waals surface area contributed by atoms with Crippen molar-refractivity contribution in [2.24, 2.45) is 0 Å². The van der Waals surface area contributed by atoms with Gasteiger partial charge in [0.2, 0.25) is 0 Å². The number of hydrogen-bond acceptors (Lipinski definition) is 5. The van der Waals surface area contributed by atoms with E-state index in [2.05, 4.69) is 75.0 Å². The second kappa shape index (κ2) is 27.9. The number of hydrogen-bond donors (Lipinski definition) is 0. The molecule has 0 heterocycles. The Bertz CT molecular complexity index is 442. The third kappa shape index (κ3) is 19.5. The van der Waals surface area contributed by atoms with Crippen molar-refractivity contribution in [3.8, 4) is 0 Å². The van der Waals surface area contributed by atoms with E-state index < -0.39 is 0 Å². The van der Waals surface area contributed by atoms with Crippen LogP contribution >= 0.6 is 0 Å². The molecule has 5 nitrogen and oxygen atoms in total. The predicted molar refractivity (Wildman–Crippen MR) is 175 cm³/mol. The van der Waals surface area contributed by atoms with Crippen molar-refractivity contribution in [3.63, 3.8) is 0 Å². The number of nitrogens with zero attached hydrogens (tertiary/aromatic N) is 4. The lowest BCUT2D eigenvalue weighted by Crippen LogP contribution is -2.45. The van der Waals surface area contributed by atoms with Gasteiger partial charge in [-0.2, -0.15) is 0 Å². The quantitative estimate of drug-likeness (QED) is 0.0843. The zero-order valence-electron chi connectivity index (χ0n) is 28.3. The fourth-order valence-electron chi connectivity index (χ4n) is 5.87. The summed E-state index contributed by atoms with van der Waals surface area (Å²) in [7, 11) is 0. The molecule has 0 rings (SSSR count). The van der Waals surface area contributed by atoms with E-state index in [4.69, 9.17) is 4.74 Å². The van der Waals surface area contributed by atoms with Gasteiger partial charge in [-0.3, -0.25) is 9.80 Å². The highest BCUT2D eigenvalue weighted by atomic mass is 16.5. The molecular weight excluding hydrogens is 480 g/mol. The van der Waals surface area contributed by atoms with E-state index in [9.17, 15) is 0 Å². The van der Waals surface area contributed by atoms with E-state index in [0.29, 0.717) is 12.1 Å². The molecule has 2 atom stereocenters. The van der Waals surface area contributed by atoms with Gasteiger partial charge in [0.15, 0.2) is 0 Å². The molecule has 0 aliphatic heterocycles. The Balaban J connectivity index is 5.22. The summed E-state index contributed by atoms with van der Waals surface area (Å²) in [6.45, 7) is 31.7. The van der Waals surface area contributed by atoms with Crippen LogP contribution in [0.3, 0.4) is 0 Å². The molecule has 236 valence electrons. The molecule has 0 saturated carbocycles. The highest BCUT2D eigenvalue weighted by molar-refractivity contribution is 4.76. The Kier molecular flexibility index (Phi) is 27.8. The van der Waals surface area contributed by atoms with Crippen molar-refractivity contribution in [1.82, 2.24) is 19.6 Å². The first kappa shape index (κ1) is 38.8. The second-order valence-electron chi connectivity index (χ2n) is 11.6. The van der Waals surface area contributed by atoms with Crippen molar-refractivity contribution in [1.29, 1.82) is 0 Å². The van der Waals surface area contributed by atoms with E-state index in [0.717, 1.165) is 65.6 Å². The smallest absolute Gasteiger partial charge is 0.0622 e. The van der Waals surface area contributed by atoms with Gasteiger partial charge in [-0.1, -0.05) is 120 Å². The first-order valence-corrected chi connectivity index (χ1v) is 17.5. The normalized spacial score (nSPS) is 13.8. The Hall–Kier alpha value is -0.200. The lowest BCUT2D eigenvalue weighted by molar-refractivity contribution is 0.0141. The Morgan fingerprint density at radius 1 is 0.410 bits per heavy atom. The first-order chi connectivity index (χ1) is 19.0. The summed E-state index contributed by atoms with van der Waals surface area (Å²) in [5, 5.41) is 0. The molecule has 0 aliphatic rings. The summed E-state index contributed by atoms with van der Waals surface area (Å²) in [5.74, 6) is 0. The topological polar surface area (TPSA) is 22.2 Å². The molecule has 2 unspecified atom stereocenters. The van der Waals surface area contributed by atoms with Crippen molar-refractivity contribution in [2.75, 3.05) is 78.7 Å². The molecule has 0 aromatic rings. The number of unbranched alkanes of at least 4 members (excludes halogenated alkanes) is 8. The maximum Gasteiger partial charge on any atom is 0.0622 e. The molecule has 0 amide bonds. The largest absolute Gasteiger partial charge is 0.378 e. The standard InChI is InChI=1S/C34H74N4O/c1-9-17-19-21-23-25-33(37(15-7)29-27-35(11-3)12-4)31-39-32-34(26-24-22-20-18-10-2)38(16-8)30-28-36(13-5)14-6/h33-34H,9-32H2,1-8H3. The van der Waals surface area contributed by atoms with Gasteiger partial charge in [0.25, 0.3) is 0 Å². The van der Waals surface area contributed by atoms with Crippen LogP contribution in [0.2, 0.25) is 0 Å². The molecule has 0 saturated heterocycles. The molecule has 0 fully saturated rings. The first-order valence-electron chi connectivity index (χ1n) is 17.5. The number of likely N-dealkylation sites (N-methyl/N-ethyl adjacent to an activating group) is 4. The maximum absolute atomic E-state index is 6.69. The molecule has 39 heavy (non-hydrogen) atoms. The molecule has 5 heteroatoms. The summed E-state index contributed by atoms with van der Waals surface area (Å²) in [6.07, 6.45) is 16.1. The monoisotopic (exact) mass is 555 g/mol. The van der Waals surface area contributed by atoms with Crippen molar-refractivity contribution < 1.29 is 4.74 Å². The highest BCUT2D eigenvalue weighted by Crippen LogP contribution is 2.16. The van der Waals surface area contributed by atoms with Gasteiger partial charge >= 0.3 is 0 Å². The Labute approximate surface area is 247 Å². The average Bonchev–Trinajstić information content (AvgIpc) is 2.96. The summed E-state index contributed by atoms with van der Waals surface area (Å²) < 4.78 is 6.69. The summed E-state index contributed by atoms with van der Waals surface area (Å²) in [6, 6.07) is 1.09. The van der Waals surface area contributed by atoms with E-state index in [1.165, 1.54) is 90.1 Å². The van der Waals surface area contributed by atoms with Gasteiger partial charge < -0.3 is 14.5 Å². The highest BCUT2D eigenvalue weighted by Gasteiger charge is 2.21. The van der Waals surface area contributed by atoms with E-state index in [1.54, 1.807) is 0 Å². The predicted octanol–water partition coefficient (Wildman–Crippen LogP) is 7.79. The summed E-state index contributed by atoms with van der Waals surface area (Å²) in [5.41, 5.74) is 0. The Morgan fingerprint density at radius 2 is 0.769 bits per heavy atom. The maximum atomic E-state index is 6.69. The van der Waals surface area contributed by atoms with Crippen LogP contribution < -0.4 is 0 Å². The van der Waals surface area contributed by atoms with Gasteiger partial charge in [0.1, 0.15) is 0 Å². The van der Waals surface area contributed by atoms with E-state index in [1.807, 2.05) is 0 Å². The second-order valence-corrected chi connectivity index (χ2v) is 11.6. The van der Waals surface area contributed by atoms with Gasteiger partial charge in [-0.25, -0.2) is 0 Å². The van der Waals surface area contributed by atoms with Crippen LogP contribution in [-0.2, 0) is 4.74 Å². The van der Waals surface area contributed by atoms with Crippen LogP contribution in [0.4, 0.5) is 0 Å². The van der Waals surface area contributed by atoms with Crippen LogP contribution in [-0.4, -0.2) is 110 Å². The minimum absolute atomic E-state index is 0.545. The zero-order chi connectivity index (χ0) is 29.1. The van der Waals surface area contributed by atoms with Crippen LogP contribution in [0, 0.1) is 0 Å². The lowest BCUT2D eigenvalue weighted by Gasteiger charge is -2.35. The average molecular weight is 555 g/mol. The SMILES string of the molecule is CCCCCCCC(COCC(CCCCCCC)N(CC)CCN(CC)CC)N(CC)CCN(CC)CC. The molecule has 0 bridgehead atoms. The van der Waals surface area contributed by atoms with Crippen molar-refractivity contribution in [3.05, 3.63) is 0 Å². The molecule has 0 aliphatic carbocycles. The summed E-state index contributed by atoms with van der Waals surface area (Å²) in [4.78, 5) is 10.6. The van der Waals surface area contributed by atoms with Crippen molar-refractivity contribution >= 4 is 0 Å². The van der Waals surface area contributed by atoms with E-state index in [-0.39, 0.29) is 0 Å². The minimum atomic E-state index is 0.545. The Morgan fingerprint density at radius 3 is 1.08 bits per heavy atom. The summed E-state index contributed by atoms with van der Waals surface area (Å²) >= 11 is 0. The fourth-order valence-corrected chi connectivity index (χ4v) is 5.87. The minimum Gasteiger partial charge on any atom is -0.378 e. The molecule has 0 N–H and O–H groups in total. The molecule has 0 aromatic heterocycles. The van der Waals surface area contributed by atoms with Gasteiger partial charge in [-0.05, 0) is 52.1 Å². The van der Waals surface area contributed by atoms with Gasteiger partial charge in [0.05, 0.1) is 13.2 Å². The molecular formula is C34H74N4O. The van der Waals surface area contributed by atoms with Crippen LogP contribution in [0.1, 0.15) is 132 Å². The molecule has 0 spiro atoms. The van der Waals surface area contributed by atoms with Crippen LogP contribution in [0.5, 0.6) is 0 Å². The molecule has 0 aromatic carbocycles. The van der Waals surface area contributed by atoms with Crippen LogP contribution in [0.25, 0.3) is 0 Å². The third-order valence-electron chi connectivity index (χ3n) is 8.94.